The van der Waals surface area contributed by atoms with Gasteiger partial charge in [-0.15, -0.1) is 0 Å². The van der Waals surface area contributed by atoms with Crippen molar-refractivity contribution in [2.45, 2.75) is 44.9 Å². The zero-order valence-corrected chi connectivity index (χ0v) is 10.9. The molecule has 1 aromatic heterocycles. The van der Waals surface area contributed by atoms with Crippen LogP contribution < -0.4 is 5.32 Å². The second kappa shape index (κ2) is 4.21. The molecular weight excluding hydrogens is 198 g/mol. The summed E-state index contributed by atoms with van der Waals surface area (Å²) in [5, 5.41) is 8.06. The predicted molar refractivity (Wildman–Crippen MR) is 66.8 cm³/mol. The number of aromatic nitrogens is 2. The van der Waals surface area contributed by atoms with Gasteiger partial charge in [0, 0.05) is 24.1 Å². The molecule has 2 rings (SSSR count). The van der Waals surface area contributed by atoms with E-state index in [2.05, 4.69) is 49.0 Å². The van der Waals surface area contributed by atoms with Crippen molar-refractivity contribution >= 4 is 0 Å². The molecule has 2 heterocycles. The van der Waals surface area contributed by atoms with Crippen LogP contribution in [0.2, 0.25) is 0 Å². The summed E-state index contributed by atoms with van der Waals surface area (Å²) >= 11 is 0. The first-order chi connectivity index (χ1) is 7.48. The highest BCUT2D eigenvalue weighted by Gasteiger charge is 2.23. The molecule has 0 radical (unpaired) electrons. The Morgan fingerprint density at radius 2 is 1.94 bits per heavy atom. The molecule has 0 spiro atoms. The Kier molecular flexibility index (Phi) is 3.06. The van der Waals surface area contributed by atoms with Crippen LogP contribution in [0.25, 0.3) is 0 Å². The van der Waals surface area contributed by atoms with Crippen LogP contribution in [0, 0.1) is 0 Å². The minimum Gasteiger partial charge on any atom is -0.317 e. The second-order valence-corrected chi connectivity index (χ2v) is 5.85. The molecule has 90 valence electrons. The summed E-state index contributed by atoms with van der Waals surface area (Å²) in [6, 6.07) is 2.30. The monoisotopic (exact) mass is 221 g/mol. The van der Waals surface area contributed by atoms with E-state index in [1.54, 1.807) is 0 Å². The Hall–Kier alpha value is -0.830. The number of nitrogens with one attached hydrogen (secondary N) is 1. The van der Waals surface area contributed by atoms with Crippen molar-refractivity contribution in [1.29, 1.82) is 0 Å². The van der Waals surface area contributed by atoms with E-state index in [0.717, 1.165) is 13.1 Å². The quantitative estimate of drug-likeness (QED) is 0.788. The van der Waals surface area contributed by atoms with E-state index in [1.165, 1.54) is 24.2 Å². The Balaban J connectivity index is 2.24. The third-order valence-corrected chi connectivity index (χ3v) is 3.44. The summed E-state index contributed by atoms with van der Waals surface area (Å²) in [6.07, 6.45) is 2.48. The van der Waals surface area contributed by atoms with Crippen molar-refractivity contribution in [3.05, 3.63) is 17.5 Å². The summed E-state index contributed by atoms with van der Waals surface area (Å²) in [5.41, 5.74) is 2.78. The van der Waals surface area contributed by atoms with Crippen molar-refractivity contribution in [3.8, 4) is 0 Å². The predicted octanol–water partition coefficient (Wildman–Crippen LogP) is 2.18. The molecule has 0 saturated carbocycles. The fraction of sp³-hybridized carbons (Fsp3) is 0.769. The number of nitrogens with zero attached hydrogens (tertiary/aromatic N) is 2. The molecule has 3 nitrogen and oxygen atoms in total. The number of piperidine rings is 1. The van der Waals surface area contributed by atoms with E-state index in [4.69, 9.17) is 0 Å². The van der Waals surface area contributed by atoms with E-state index >= 15 is 0 Å². The number of hydrogen-bond acceptors (Lipinski definition) is 2. The van der Waals surface area contributed by atoms with Crippen LogP contribution in [-0.4, -0.2) is 22.9 Å². The Morgan fingerprint density at radius 3 is 2.44 bits per heavy atom. The van der Waals surface area contributed by atoms with Crippen LogP contribution in [0.4, 0.5) is 0 Å². The van der Waals surface area contributed by atoms with Crippen molar-refractivity contribution in [2.24, 2.45) is 7.05 Å². The zero-order valence-electron chi connectivity index (χ0n) is 10.9. The standard InChI is InChI=1S/C13H23N3/c1-13(2,3)12-9-11(16(4)15-12)10-5-7-14-8-6-10/h9-10,14H,5-8H2,1-4H3. The van der Waals surface area contributed by atoms with Gasteiger partial charge in [-0.25, -0.2) is 0 Å². The average molecular weight is 221 g/mol. The van der Waals surface area contributed by atoms with Gasteiger partial charge in [0.15, 0.2) is 0 Å². The molecule has 1 aliphatic heterocycles. The molecule has 0 unspecified atom stereocenters. The maximum atomic E-state index is 4.65. The molecule has 0 bridgehead atoms. The van der Waals surface area contributed by atoms with Gasteiger partial charge in [-0.05, 0) is 32.0 Å². The topological polar surface area (TPSA) is 29.9 Å². The molecule has 0 aromatic carbocycles. The molecule has 1 fully saturated rings. The molecule has 0 atom stereocenters. The number of aryl methyl sites for hydroxylation is 1. The Morgan fingerprint density at radius 1 is 1.31 bits per heavy atom. The minimum atomic E-state index is 0.156. The lowest BCUT2D eigenvalue weighted by Gasteiger charge is -2.22. The molecule has 0 aliphatic carbocycles. The lowest BCUT2D eigenvalue weighted by Crippen LogP contribution is -2.27. The summed E-state index contributed by atoms with van der Waals surface area (Å²) in [7, 11) is 2.08. The largest absolute Gasteiger partial charge is 0.317 e. The molecular formula is C13H23N3. The summed E-state index contributed by atoms with van der Waals surface area (Å²) in [5.74, 6) is 0.690. The molecule has 3 heteroatoms. The van der Waals surface area contributed by atoms with Crippen LogP contribution >= 0.6 is 0 Å². The SMILES string of the molecule is Cn1nc(C(C)(C)C)cc1C1CCNCC1. The van der Waals surface area contributed by atoms with Gasteiger partial charge in [0.1, 0.15) is 0 Å². The van der Waals surface area contributed by atoms with Gasteiger partial charge >= 0.3 is 0 Å². The highest BCUT2D eigenvalue weighted by Crippen LogP contribution is 2.29. The zero-order chi connectivity index (χ0) is 11.8. The van der Waals surface area contributed by atoms with Crippen molar-refractivity contribution in [2.75, 3.05) is 13.1 Å². The molecule has 1 aromatic rings. The summed E-state index contributed by atoms with van der Waals surface area (Å²) in [4.78, 5) is 0. The van der Waals surface area contributed by atoms with E-state index in [1.807, 2.05) is 0 Å². The van der Waals surface area contributed by atoms with Crippen LogP contribution in [0.15, 0.2) is 6.07 Å². The van der Waals surface area contributed by atoms with Crippen molar-refractivity contribution in [1.82, 2.24) is 15.1 Å². The number of hydrogen-bond donors (Lipinski definition) is 1. The van der Waals surface area contributed by atoms with E-state index in [9.17, 15) is 0 Å². The highest BCUT2D eigenvalue weighted by atomic mass is 15.3. The van der Waals surface area contributed by atoms with Crippen LogP contribution in [0.3, 0.4) is 0 Å². The lowest BCUT2D eigenvalue weighted by molar-refractivity contribution is 0.439. The molecule has 0 amide bonds. The average Bonchev–Trinajstić information content (AvgIpc) is 2.61. The van der Waals surface area contributed by atoms with Crippen LogP contribution in [0.1, 0.15) is 50.9 Å². The highest BCUT2D eigenvalue weighted by molar-refractivity contribution is 5.20. The normalized spacial score (nSPS) is 19.0. The minimum absolute atomic E-state index is 0.156. The van der Waals surface area contributed by atoms with Crippen LogP contribution in [0.5, 0.6) is 0 Å². The Bertz CT molecular complexity index is 354. The smallest absolute Gasteiger partial charge is 0.0680 e. The first-order valence-corrected chi connectivity index (χ1v) is 6.23. The fourth-order valence-corrected chi connectivity index (χ4v) is 2.35. The maximum Gasteiger partial charge on any atom is 0.0680 e. The van der Waals surface area contributed by atoms with Gasteiger partial charge in [0.25, 0.3) is 0 Å². The van der Waals surface area contributed by atoms with E-state index < -0.39 is 0 Å². The van der Waals surface area contributed by atoms with Gasteiger partial charge in [0.05, 0.1) is 5.69 Å². The third-order valence-electron chi connectivity index (χ3n) is 3.44. The van der Waals surface area contributed by atoms with E-state index in [0.29, 0.717) is 5.92 Å². The van der Waals surface area contributed by atoms with Gasteiger partial charge in [-0.1, -0.05) is 20.8 Å². The van der Waals surface area contributed by atoms with Crippen molar-refractivity contribution in [3.63, 3.8) is 0 Å². The molecule has 1 aliphatic rings. The first kappa shape index (κ1) is 11.6. The van der Waals surface area contributed by atoms with Gasteiger partial charge in [-0.3, -0.25) is 4.68 Å². The lowest BCUT2D eigenvalue weighted by atomic mass is 9.89. The second-order valence-electron chi connectivity index (χ2n) is 5.85. The molecule has 16 heavy (non-hydrogen) atoms. The summed E-state index contributed by atoms with van der Waals surface area (Å²) in [6.45, 7) is 8.95. The molecule has 1 N–H and O–H groups in total. The molecule has 1 saturated heterocycles. The van der Waals surface area contributed by atoms with Gasteiger partial charge in [-0.2, -0.15) is 5.10 Å². The third kappa shape index (κ3) is 2.29. The number of rotatable bonds is 1. The first-order valence-electron chi connectivity index (χ1n) is 6.23. The van der Waals surface area contributed by atoms with Gasteiger partial charge < -0.3 is 5.32 Å². The Labute approximate surface area is 98.2 Å². The maximum absolute atomic E-state index is 4.65. The van der Waals surface area contributed by atoms with Crippen LogP contribution in [-0.2, 0) is 12.5 Å². The fourth-order valence-electron chi connectivity index (χ4n) is 2.35. The van der Waals surface area contributed by atoms with Gasteiger partial charge in [0.2, 0.25) is 0 Å². The van der Waals surface area contributed by atoms with Crippen molar-refractivity contribution < 1.29 is 0 Å². The van der Waals surface area contributed by atoms with E-state index in [-0.39, 0.29) is 5.41 Å². The summed E-state index contributed by atoms with van der Waals surface area (Å²) < 4.78 is 2.08.